The number of carbonyl (C=O) groups excluding carboxylic acids is 2. The molecule has 0 N–H and O–H groups in total. The lowest BCUT2D eigenvalue weighted by atomic mass is 10.0. The highest BCUT2D eigenvalue weighted by molar-refractivity contribution is 6.00. The van der Waals surface area contributed by atoms with Crippen molar-refractivity contribution in [2.24, 2.45) is 0 Å². The van der Waals surface area contributed by atoms with Crippen LogP contribution in [0.2, 0.25) is 0 Å². The summed E-state index contributed by atoms with van der Waals surface area (Å²) in [5.41, 5.74) is 2.89. The first kappa shape index (κ1) is 26.9. The Morgan fingerprint density at radius 3 is 2.37 bits per heavy atom. The standard InChI is InChI=1S/C30H28F3N3O2/c1-21-25(28(37)19-22-10-8-13-24(18-22)30(31,32)33)20-27(23-11-4-3-5-12-23)36(21)17-9-16-35(2)29(38)26-14-6-7-15-34-26/h3-8,10-15,18,20H,9,16-17,19H2,1-2H3. The van der Waals surface area contributed by atoms with Crippen LogP contribution in [0.15, 0.2) is 85.1 Å². The monoisotopic (exact) mass is 519 g/mol. The van der Waals surface area contributed by atoms with Crippen LogP contribution >= 0.6 is 0 Å². The number of aromatic nitrogens is 2. The molecule has 8 heteroatoms. The fourth-order valence-electron chi connectivity index (χ4n) is 4.45. The van der Waals surface area contributed by atoms with Gasteiger partial charge in [-0.25, -0.2) is 0 Å². The molecule has 0 aliphatic rings. The zero-order valence-corrected chi connectivity index (χ0v) is 21.2. The molecule has 38 heavy (non-hydrogen) atoms. The molecule has 0 radical (unpaired) electrons. The Kier molecular flexibility index (Phi) is 8.10. The van der Waals surface area contributed by atoms with Gasteiger partial charge in [0.1, 0.15) is 5.69 Å². The highest BCUT2D eigenvalue weighted by Gasteiger charge is 2.30. The molecule has 2 aromatic carbocycles. The molecule has 2 heterocycles. The van der Waals surface area contributed by atoms with Crippen LogP contribution in [0.1, 0.15) is 44.1 Å². The third-order valence-electron chi connectivity index (χ3n) is 6.46. The van der Waals surface area contributed by atoms with Crippen molar-refractivity contribution in [1.29, 1.82) is 0 Å². The quantitative estimate of drug-likeness (QED) is 0.238. The molecule has 0 unspecified atom stereocenters. The summed E-state index contributed by atoms with van der Waals surface area (Å²) < 4.78 is 41.5. The van der Waals surface area contributed by atoms with Gasteiger partial charge in [-0.05, 0) is 48.7 Å². The number of amides is 1. The zero-order valence-electron chi connectivity index (χ0n) is 21.2. The predicted molar refractivity (Wildman–Crippen MR) is 140 cm³/mol. The molecule has 0 fully saturated rings. The van der Waals surface area contributed by atoms with Gasteiger partial charge in [-0.1, -0.05) is 54.6 Å². The van der Waals surface area contributed by atoms with Crippen molar-refractivity contribution in [3.05, 3.63) is 113 Å². The molecule has 196 valence electrons. The molecule has 0 saturated heterocycles. The summed E-state index contributed by atoms with van der Waals surface area (Å²) in [6, 6.07) is 21.5. The average Bonchev–Trinajstić information content (AvgIpc) is 3.25. The van der Waals surface area contributed by atoms with E-state index in [1.807, 2.05) is 47.9 Å². The topological polar surface area (TPSA) is 55.2 Å². The molecule has 0 spiro atoms. The summed E-state index contributed by atoms with van der Waals surface area (Å²) in [6.45, 7) is 2.87. The molecule has 0 bridgehead atoms. The fourth-order valence-corrected chi connectivity index (χ4v) is 4.45. The van der Waals surface area contributed by atoms with Gasteiger partial charge in [0.05, 0.1) is 5.56 Å². The SMILES string of the molecule is Cc1c(C(=O)Cc2cccc(C(F)(F)F)c2)cc(-c2ccccc2)n1CCCN(C)C(=O)c1ccccn1. The van der Waals surface area contributed by atoms with Gasteiger partial charge in [-0.15, -0.1) is 0 Å². The summed E-state index contributed by atoms with van der Waals surface area (Å²) in [5.74, 6) is -0.421. The number of hydrogen-bond acceptors (Lipinski definition) is 3. The first-order valence-electron chi connectivity index (χ1n) is 12.3. The summed E-state index contributed by atoms with van der Waals surface area (Å²) in [7, 11) is 1.72. The molecule has 4 rings (SSSR count). The summed E-state index contributed by atoms with van der Waals surface area (Å²) in [6.07, 6.45) is -2.39. The van der Waals surface area contributed by atoms with Crippen LogP contribution in [0.5, 0.6) is 0 Å². The first-order valence-corrected chi connectivity index (χ1v) is 12.3. The maximum Gasteiger partial charge on any atom is 0.416 e. The third kappa shape index (κ3) is 6.19. The Hall–Kier alpha value is -4.20. The Morgan fingerprint density at radius 1 is 0.947 bits per heavy atom. The van der Waals surface area contributed by atoms with Crippen molar-refractivity contribution in [3.63, 3.8) is 0 Å². The van der Waals surface area contributed by atoms with Crippen LogP contribution in [0.4, 0.5) is 13.2 Å². The number of Topliss-reactive ketones (excluding diaryl/α,β-unsaturated/α-hetero) is 1. The number of nitrogens with zero attached hydrogens (tertiary/aromatic N) is 3. The largest absolute Gasteiger partial charge is 0.416 e. The lowest BCUT2D eigenvalue weighted by Crippen LogP contribution is -2.29. The second kappa shape index (κ2) is 11.5. The molecular formula is C30H28F3N3O2. The molecule has 0 aliphatic heterocycles. The molecule has 0 saturated carbocycles. The van der Waals surface area contributed by atoms with E-state index in [0.717, 1.165) is 29.1 Å². The highest BCUT2D eigenvalue weighted by Crippen LogP contribution is 2.31. The van der Waals surface area contributed by atoms with E-state index >= 15 is 0 Å². The molecule has 2 aromatic heterocycles. The van der Waals surface area contributed by atoms with E-state index in [9.17, 15) is 22.8 Å². The second-order valence-electron chi connectivity index (χ2n) is 9.14. The van der Waals surface area contributed by atoms with E-state index < -0.39 is 11.7 Å². The predicted octanol–water partition coefficient (Wildman–Crippen LogP) is 6.47. The smallest absolute Gasteiger partial charge is 0.344 e. The number of hydrogen-bond donors (Lipinski definition) is 0. The molecular weight excluding hydrogens is 491 g/mol. The molecule has 4 aromatic rings. The van der Waals surface area contributed by atoms with E-state index in [1.54, 1.807) is 36.3 Å². The van der Waals surface area contributed by atoms with Crippen LogP contribution < -0.4 is 0 Å². The minimum Gasteiger partial charge on any atom is -0.344 e. The van der Waals surface area contributed by atoms with E-state index in [-0.39, 0.29) is 18.1 Å². The summed E-state index contributed by atoms with van der Waals surface area (Å²) in [5, 5.41) is 0. The molecule has 5 nitrogen and oxygen atoms in total. The normalized spacial score (nSPS) is 11.4. The molecule has 0 aliphatic carbocycles. The molecule has 0 atom stereocenters. The van der Waals surface area contributed by atoms with Crippen molar-refractivity contribution in [2.45, 2.75) is 32.5 Å². The maximum atomic E-state index is 13.3. The number of halogens is 3. The van der Waals surface area contributed by atoms with Gasteiger partial charge in [0.2, 0.25) is 0 Å². The second-order valence-corrected chi connectivity index (χ2v) is 9.14. The van der Waals surface area contributed by atoms with Gasteiger partial charge < -0.3 is 9.47 Å². The lowest BCUT2D eigenvalue weighted by molar-refractivity contribution is -0.137. The van der Waals surface area contributed by atoms with Crippen LogP contribution in [-0.2, 0) is 19.1 Å². The third-order valence-corrected chi connectivity index (χ3v) is 6.46. The number of alkyl halides is 3. The van der Waals surface area contributed by atoms with Crippen LogP contribution in [-0.4, -0.2) is 39.7 Å². The van der Waals surface area contributed by atoms with Crippen LogP contribution in [0, 0.1) is 6.92 Å². The van der Waals surface area contributed by atoms with E-state index in [0.29, 0.717) is 36.3 Å². The number of ketones is 1. The number of benzene rings is 2. The Balaban J connectivity index is 1.55. The lowest BCUT2D eigenvalue weighted by Gasteiger charge is -2.18. The summed E-state index contributed by atoms with van der Waals surface area (Å²) in [4.78, 5) is 31.6. The first-order chi connectivity index (χ1) is 18.1. The fraction of sp³-hybridized carbons (Fsp3) is 0.233. The van der Waals surface area contributed by atoms with Crippen molar-refractivity contribution in [3.8, 4) is 11.3 Å². The van der Waals surface area contributed by atoms with Crippen molar-refractivity contribution in [1.82, 2.24) is 14.5 Å². The van der Waals surface area contributed by atoms with E-state index in [1.165, 1.54) is 12.1 Å². The number of pyridine rings is 1. The zero-order chi connectivity index (χ0) is 27.3. The Morgan fingerprint density at radius 2 is 1.68 bits per heavy atom. The Bertz CT molecular complexity index is 1410. The van der Waals surface area contributed by atoms with Crippen molar-refractivity contribution in [2.75, 3.05) is 13.6 Å². The van der Waals surface area contributed by atoms with Crippen LogP contribution in [0.3, 0.4) is 0 Å². The van der Waals surface area contributed by atoms with Gasteiger partial charge in [-0.2, -0.15) is 13.2 Å². The summed E-state index contributed by atoms with van der Waals surface area (Å²) >= 11 is 0. The number of carbonyl (C=O) groups is 2. The van der Waals surface area contributed by atoms with Crippen LogP contribution in [0.25, 0.3) is 11.3 Å². The average molecular weight is 520 g/mol. The maximum absolute atomic E-state index is 13.3. The van der Waals surface area contributed by atoms with Gasteiger partial charge in [0.25, 0.3) is 5.91 Å². The van der Waals surface area contributed by atoms with Crippen molar-refractivity contribution >= 4 is 11.7 Å². The van der Waals surface area contributed by atoms with Crippen molar-refractivity contribution < 1.29 is 22.8 Å². The van der Waals surface area contributed by atoms with E-state index in [2.05, 4.69) is 4.98 Å². The van der Waals surface area contributed by atoms with Gasteiger partial charge in [0.15, 0.2) is 5.78 Å². The minimum absolute atomic E-state index is 0.135. The highest BCUT2D eigenvalue weighted by atomic mass is 19.4. The Labute approximate surface area is 219 Å². The van der Waals surface area contributed by atoms with E-state index in [4.69, 9.17) is 0 Å². The van der Waals surface area contributed by atoms with Gasteiger partial charge >= 0.3 is 6.18 Å². The minimum atomic E-state index is -4.47. The number of rotatable bonds is 9. The van der Waals surface area contributed by atoms with Gasteiger partial charge in [-0.3, -0.25) is 14.6 Å². The molecule has 1 amide bonds. The van der Waals surface area contributed by atoms with Gasteiger partial charge in [0, 0.05) is 49.7 Å².